The number of hydrogen-bond donors (Lipinski definition) is 0. The number of nitrogens with zero attached hydrogens (tertiary/aromatic N) is 2. The van der Waals surface area contributed by atoms with Gasteiger partial charge >= 0.3 is 0 Å². The molecule has 0 aliphatic rings. The van der Waals surface area contributed by atoms with Crippen molar-refractivity contribution >= 4 is 10.2 Å². The Balaban J connectivity index is 4.18. The van der Waals surface area contributed by atoms with Crippen LogP contribution in [0.2, 0.25) is 0 Å². The van der Waals surface area contributed by atoms with E-state index in [9.17, 15) is 0 Å². The van der Waals surface area contributed by atoms with E-state index in [1.54, 1.807) is 0 Å². The summed E-state index contributed by atoms with van der Waals surface area (Å²) < 4.78 is 5.82. The van der Waals surface area contributed by atoms with E-state index in [2.05, 4.69) is 13.5 Å². The summed E-state index contributed by atoms with van der Waals surface area (Å²) in [5.74, 6) is 0. The SMILES string of the molecule is C=C([SiH3])C(C)OC(N(C)C)N(C)C. The van der Waals surface area contributed by atoms with Crippen molar-refractivity contribution in [3.05, 3.63) is 11.8 Å². The van der Waals surface area contributed by atoms with Crippen molar-refractivity contribution in [1.29, 1.82) is 0 Å². The Morgan fingerprint density at radius 1 is 1.23 bits per heavy atom. The molecule has 0 heterocycles. The van der Waals surface area contributed by atoms with E-state index in [-0.39, 0.29) is 12.5 Å². The van der Waals surface area contributed by atoms with Crippen LogP contribution in [0.25, 0.3) is 0 Å². The van der Waals surface area contributed by atoms with Crippen molar-refractivity contribution < 1.29 is 4.74 Å². The molecule has 1 atom stereocenters. The third-order valence-electron chi connectivity index (χ3n) is 1.90. The number of hydrogen-bond acceptors (Lipinski definition) is 3. The van der Waals surface area contributed by atoms with Crippen LogP contribution in [0, 0.1) is 0 Å². The Bertz CT molecular complexity index is 163. The predicted molar refractivity (Wildman–Crippen MR) is 60.8 cm³/mol. The lowest BCUT2D eigenvalue weighted by molar-refractivity contribution is -0.135. The Morgan fingerprint density at radius 3 is 1.85 bits per heavy atom. The summed E-state index contributed by atoms with van der Waals surface area (Å²) in [4.78, 5) is 4.09. The van der Waals surface area contributed by atoms with Gasteiger partial charge in [0.05, 0.1) is 6.10 Å². The van der Waals surface area contributed by atoms with Gasteiger partial charge in [-0.1, -0.05) is 5.20 Å². The zero-order chi connectivity index (χ0) is 10.6. The molecule has 4 heteroatoms. The van der Waals surface area contributed by atoms with Gasteiger partial charge in [0.2, 0.25) is 0 Å². The van der Waals surface area contributed by atoms with E-state index in [1.807, 2.05) is 38.0 Å². The average Bonchev–Trinajstić information content (AvgIpc) is 1.97. The molecule has 13 heavy (non-hydrogen) atoms. The molecule has 0 saturated heterocycles. The van der Waals surface area contributed by atoms with Crippen LogP contribution in [0.5, 0.6) is 0 Å². The van der Waals surface area contributed by atoms with Gasteiger partial charge in [-0.15, -0.1) is 6.58 Å². The Kier molecular flexibility index (Phi) is 5.47. The lowest BCUT2D eigenvalue weighted by Gasteiger charge is -2.32. The zero-order valence-electron chi connectivity index (χ0n) is 9.66. The molecular formula is C9H22N2OSi. The number of rotatable bonds is 5. The van der Waals surface area contributed by atoms with Crippen LogP contribution in [0.4, 0.5) is 0 Å². The number of ether oxygens (including phenoxy) is 1. The second-order valence-corrected chi connectivity index (χ2v) is 5.16. The first kappa shape index (κ1) is 12.8. The second kappa shape index (κ2) is 5.54. The molecule has 0 fully saturated rings. The quantitative estimate of drug-likeness (QED) is 0.449. The molecule has 0 radical (unpaired) electrons. The third kappa shape index (κ3) is 4.57. The fraction of sp³-hybridized carbons (Fsp3) is 0.778. The van der Waals surface area contributed by atoms with Crippen LogP contribution in [-0.4, -0.2) is 60.7 Å². The van der Waals surface area contributed by atoms with Crippen LogP contribution in [-0.2, 0) is 4.74 Å². The van der Waals surface area contributed by atoms with Gasteiger partial charge in [-0.25, -0.2) is 0 Å². The minimum absolute atomic E-state index is 0.0284. The van der Waals surface area contributed by atoms with Gasteiger partial charge < -0.3 is 4.74 Å². The van der Waals surface area contributed by atoms with Gasteiger partial charge in [0.1, 0.15) is 0 Å². The molecule has 0 aliphatic heterocycles. The fourth-order valence-electron chi connectivity index (χ4n) is 1.00. The molecule has 0 rings (SSSR count). The third-order valence-corrected chi connectivity index (χ3v) is 2.72. The van der Waals surface area contributed by atoms with E-state index in [0.29, 0.717) is 0 Å². The monoisotopic (exact) mass is 202 g/mol. The summed E-state index contributed by atoms with van der Waals surface area (Å²) in [7, 11) is 9.02. The van der Waals surface area contributed by atoms with Gasteiger partial charge in [-0.3, -0.25) is 9.80 Å². The average molecular weight is 202 g/mol. The Morgan fingerprint density at radius 2 is 1.62 bits per heavy atom. The first-order valence-corrected chi connectivity index (χ1v) is 5.50. The topological polar surface area (TPSA) is 15.7 Å². The van der Waals surface area contributed by atoms with Crippen LogP contribution >= 0.6 is 0 Å². The molecule has 0 saturated carbocycles. The van der Waals surface area contributed by atoms with E-state index in [0.717, 1.165) is 10.2 Å². The predicted octanol–water partition coefficient (Wildman–Crippen LogP) is -0.323. The zero-order valence-corrected chi connectivity index (χ0v) is 11.7. The van der Waals surface area contributed by atoms with Crippen LogP contribution in [0.15, 0.2) is 11.8 Å². The minimum Gasteiger partial charge on any atom is -0.343 e. The van der Waals surface area contributed by atoms with Crippen molar-refractivity contribution in [3.8, 4) is 0 Å². The Labute approximate surface area is 84.8 Å². The normalized spacial score (nSPS) is 14.5. The molecule has 0 aromatic rings. The Hall–Kier alpha value is -0.163. The van der Waals surface area contributed by atoms with Crippen LogP contribution in [0.3, 0.4) is 0 Å². The van der Waals surface area contributed by atoms with E-state index >= 15 is 0 Å². The minimum atomic E-state index is 0.0284. The summed E-state index contributed by atoms with van der Waals surface area (Å²) in [6.07, 6.45) is 0.183. The van der Waals surface area contributed by atoms with Gasteiger partial charge in [0, 0.05) is 10.2 Å². The molecule has 1 unspecified atom stereocenters. The summed E-state index contributed by atoms with van der Waals surface area (Å²) in [5.41, 5.74) is 0. The van der Waals surface area contributed by atoms with Gasteiger partial charge in [-0.2, -0.15) is 0 Å². The van der Waals surface area contributed by atoms with E-state index in [1.165, 1.54) is 5.20 Å². The molecule has 78 valence electrons. The van der Waals surface area contributed by atoms with E-state index < -0.39 is 0 Å². The smallest absolute Gasteiger partial charge is 0.168 e. The summed E-state index contributed by atoms with van der Waals surface area (Å²) in [6, 6.07) is 0. The van der Waals surface area contributed by atoms with Crippen molar-refractivity contribution in [1.82, 2.24) is 9.80 Å². The lowest BCUT2D eigenvalue weighted by atomic mass is 10.4. The molecule has 0 aromatic heterocycles. The second-order valence-electron chi connectivity index (χ2n) is 3.88. The van der Waals surface area contributed by atoms with Crippen molar-refractivity contribution in [2.75, 3.05) is 28.2 Å². The molecule has 3 nitrogen and oxygen atoms in total. The van der Waals surface area contributed by atoms with Gasteiger partial charge in [0.15, 0.2) is 6.35 Å². The van der Waals surface area contributed by atoms with Crippen molar-refractivity contribution in [2.45, 2.75) is 19.4 Å². The molecule has 0 amide bonds. The molecule has 0 bridgehead atoms. The van der Waals surface area contributed by atoms with E-state index in [4.69, 9.17) is 4.74 Å². The first-order valence-electron chi connectivity index (χ1n) is 4.50. The molecular weight excluding hydrogens is 180 g/mol. The highest BCUT2D eigenvalue weighted by Gasteiger charge is 2.17. The van der Waals surface area contributed by atoms with Crippen LogP contribution < -0.4 is 0 Å². The standard InChI is InChI=1S/C9H22N2OSi/c1-7(8(2)13)12-9(10(3)4)11(5)6/h7,9H,2H2,1,3-6,13H3. The summed E-state index contributed by atoms with van der Waals surface area (Å²) in [6.45, 7) is 5.98. The molecule has 0 aliphatic carbocycles. The molecule has 0 N–H and O–H groups in total. The highest BCUT2D eigenvalue weighted by atomic mass is 28.1. The maximum absolute atomic E-state index is 5.82. The van der Waals surface area contributed by atoms with Gasteiger partial charge in [0.25, 0.3) is 0 Å². The maximum atomic E-state index is 5.82. The first-order chi connectivity index (χ1) is 5.86. The van der Waals surface area contributed by atoms with Crippen molar-refractivity contribution in [2.24, 2.45) is 0 Å². The largest absolute Gasteiger partial charge is 0.343 e. The lowest BCUT2D eigenvalue weighted by Crippen LogP contribution is -2.44. The van der Waals surface area contributed by atoms with Gasteiger partial charge in [-0.05, 0) is 35.1 Å². The van der Waals surface area contributed by atoms with Crippen molar-refractivity contribution in [3.63, 3.8) is 0 Å². The van der Waals surface area contributed by atoms with Crippen LogP contribution in [0.1, 0.15) is 6.92 Å². The highest BCUT2D eigenvalue weighted by Crippen LogP contribution is 2.07. The summed E-state index contributed by atoms with van der Waals surface area (Å²) >= 11 is 0. The molecule has 0 spiro atoms. The fourth-order valence-corrected chi connectivity index (χ4v) is 1.14. The summed E-state index contributed by atoms with van der Waals surface area (Å²) in [5, 5.41) is 1.19. The highest BCUT2D eigenvalue weighted by molar-refractivity contribution is 6.21. The maximum Gasteiger partial charge on any atom is 0.168 e. The molecule has 0 aromatic carbocycles.